The summed E-state index contributed by atoms with van der Waals surface area (Å²) in [4.78, 5) is 0. The Kier molecular flexibility index (Phi) is 12.4. The Morgan fingerprint density at radius 1 is 0.467 bits per heavy atom. The van der Waals surface area contributed by atoms with E-state index >= 15 is 0 Å². The molecule has 10 rings (SSSR count). The van der Waals surface area contributed by atoms with E-state index in [1.165, 1.54) is 66.8 Å². The summed E-state index contributed by atoms with van der Waals surface area (Å²) in [6, 6.07) is 46.1. The number of benzene rings is 6. The van der Waals surface area contributed by atoms with Gasteiger partial charge in [-0.15, -0.1) is 0 Å². The monoisotopic (exact) mass is 976 g/mol. The van der Waals surface area contributed by atoms with E-state index in [0.717, 1.165) is 19.8 Å². The van der Waals surface area contributed by atoms with E-state index in [1.807, 2.05) is 30.4 Å². The fourth-order valence-corrected chi connectivity index (χ4v) is 10.5. The minimum atomic E-state index is -1.27. The number of allylic oxidation sites excluding steroid dienone is 8. The Bertz CT molecular complexity index is 2620. The fourth-order valence-electron chi connectivity index (χ4n) is 9.46. The first-order chi connectivity index (χ1) is 28.8. The second kappa shape index (κ2) is 17.6. The summed E-state index contributed by atoms with van der Waals surface area (Å²) in [6.07, 6.45) is 17.1. The summed E-state index contributed by atoms with van der Waals surface area (Å²) in [5, 5.41) is 18.6. The number of halogens is 3. The number of hydrogen-bond acceptors (Lipinski definition) is 2. The first-order valence-electron chi connectivity index (χ1n) is 20.6. The molecule has 0 spiro atoms. The van der Waals surface area contributed by atoms with E-state index in [1.54, 1.807) is 0 Å². The van der Waals surface area contributed by atoms with E-state index in [4.69, 9.17) is 0 Å². The molecular weight excluding hydrogens is 931 g/mol. The molecule has 6 aromatic carbocycles. The molecule has 300 valence electrons. The van der Waals surface area contributed by atoms with Gasteiger partial charge in [0.2, 0.25) is 0 Å². The van der Waals surface area contributed by atoms with Crippen molar-refractivity contribution in [3.05, 3.63) is 212 Å². The maximum absolute atomic E-state index is 9.31. The summed E-state index contributed by atoms with van der Waals surface area (Å²) >= 11 is 10.8. The van der Waals surface area contributed by atoms with Crippen molar-refractivity contribution >= 4 is 54.9 Å². The van der Waals surface area contributed by atoms with Crippen molar-refractivity contribution in [3.63, 3.8) is 0 Å². The molecule has 0 bridgehead atoms. The smallest absolute Gasteiger partial charge is 0.427 e. The molecule has 4 aliphatic carbocycles. The number of fused-ring (bicyclic) bond motifs is 6. The second-order valence-corrected chi connectivity index (χ2v) is 19.8. The fraction of sp³-hybridized carbons (Fsp3) is 0.185. The summed E-state index contributed by atoms with van der Waals surface area (Å²) in [7, 11) is -1.27. The van der Waals surface area contributed by atoms with Crippen LogP contribution in [0.4, 0.5) is 0 Å². The van der Waals surface area contributed by atoms with Crippen molar-refractivity contribution in [2.45, 2.75) is 50.8 Å². The third-order valence-corrected chi connectivity index (χ3v) is 14.1. The zero-order chi connectivity index (χ0) is 42.2. The maximum atomic E-state index is 9.31. The van der Waals surface area contributed by atoms with Crippen LogP contribution in [-0.4, -0.2) is 17.2 Å². The number of rotatable bonds is 4. The molecular formula is C54H48BBr3O2. The van der Waals surface area contributed by atoms with Crippen molar-refractivity contribution in [1.29, 1.82) is 0 Å². The maximum Gasteiger partial charge on any atom is 0.459 e. The summed E-state index contributed by atoms with van der Waals surface area (Å²) in [5.74, 6) is 0.385. The van der Waals surface area contributed by atoms with Crippen LogP contribution >= 0.6 is 47.8 Å². The van der Waals surface area contributed by atoms with Crippen molar-refractivity contribution < 1.29 is 10.0 Å². The highest BCUT2D eigenvalue weighted by Crippen LogP contribution is 2.52. The molecule has 6 heteroatoms. The van der Waals surface area contributed by atoms with E-state index in [9.17, 15) is 10.0 Å². The van der Waals surface area contributed by atoms with E-state index in [2.05, 4.69) is 221 Å². The highest BCUT2D eigenvalue weighted by molar-refractivity contribution is 9.11. The highest BCUT2D eigenvalue weighted by atomic mass is 79.9. The Morgan fingerprint density at radius 3 is 1.52 bits per heavy atom. The molecule has 0 aromatic heterocycles. The zero-order valence-electron chi connectivity index (χ0n) is 34.3. The highest BCUT2D eigenvalue weighted by Gasteiger charge is 2.37. The van der Waals surface area contributed by atoms with Crippen LogP contribution in [0.1, 0.15) is 56.4 Å². The lowest BCUT2D eigenvalue weighted by molar-refractivity contribution is 0.356. The van der Waals surface area contributed by atoms with E-state index in [0.29, 0.717) is 5.92 Å². The van der Waals surface area contributed by atoms with E-state index < -0.39 is 7.12 Å². The van der Waals surface area contributed by atoms with Crippen molar-refractivity contribution in [1.82, 2.24) is 0 Å². The first kappa shape index (κ1) is 42.4. The second-order valence-electron chi connectivity index (χ2n) is 17.0. The van der Waals surface area contributed by atoms with Gasteiger partial charge in [-0.05, 0) is 127 Å². The molecule has 6 aromatic rings. The van der Waals surface area contributed by atoms with Gasteiger partial charge in [-0.2, -0.15) is 0 Å². The van der Waals surface area contributed by atoms with Crippen molar-refractivity contribution in [3.8, 4) is 44.5 Å². The van der Waals surface area contributed by atoms with Gasteiger partial charge in [0.1, 0.15) is 0 Å². The molecule has 2 N–H and O–H groups in total. The molecule has 0 heterocycles. The lowest BCUT2D eigenvalue weighted by Gasteiger charge is -2.29. The molecule has 0 saturated heterocycles. The van der Waals surface area contributed by atoms with Crippen LogP contribution in [0, 0.1) is 11.8 Å². The Morgan fingerprint density at radius 2 is 0.967 bits per heavy atom. The van der Waals surface area contributed by atoms with Crippen LogP contribution < -0.4 is 0 Å². The molecule has 3 atom stereocenters. The molecule has 0 amide bonds. The normalized spacial score (nSPS) is 19.2. The van der Waals surface area contributed by atoms with Crippen LogP contribution in [0.3, 0.4) is 0 Å². The van der Waals surface area contributed by atoms with Crippen LogP contribution in [0.15, 0.2) is 189 Å². The predicted molar refractivity (Wildman–Crippen MR) is 264 cm³/mol. The Balaban J connectivity index is 0.000000134. The van der Waals surface area contributed by atoms with Gasteiger partial charge < -0.3 is 10.0 Å². The first-order valence-corrected chi connectivity index (χ1v) is 23.0. The van der Waals surface area contributed by atoms with Crippen molar-refractivity contribution in [2.75, 3.05) is 0 Å². The van der Waals surface area contributed by atoms with Crippen LogP contribution in [0.5, 0.6) is 0 Å². The van der Waals surface area contributed by atoms with Gasteiger partial charge in [-0.25, -0.2) is 0 Å². The molecule has 0 radical (unpaired) electrons. The lowest BCUT2D eigenvalue weighted by atomic mass is 9.60. The third-order valence-electron chi connectivity index (χ3n) is 12.6. The molecule has 4 aliphatic rings. The van der Waals surface area contributed by atoms with Gasteiger partial charge in [0.15, 0.2) is 0 Å². The molecule has 0 saturated carbocycles. The molecule has 0 aliphatic heterocycles. The Labute approximate surface area is 381 Å². The average Bonchev–Trinajstić information content (AvgIpc) is 3.62. The number of hydrogen-bond donors (Lipinski definition) is 2. The van der Waals surface area contributed by atoms with Crippen LogP contribution in [-0.2, 0) is 10.8 Å². The van der Waals surface area contributed by atoms with Gasteiger partial charge in [0.05, 0.1) is 0 Å². The van der Waals surface area contributed by atoms with Gasteiger partial charge in [0, 0.05) is 30.1 Å². The van der Waals surface area contributed by atoms with Crippen LogP contribution in [0.2, 0.25) is 5.82 Å². The van der Waals surface area contributed by atoms with E-state index in [-0.39, 0.29) is 22.6 Å². The summed E-state index contributed by atoms with van der Waals surface area (Å²) in [5.41, 5.74) is 16.2. The predicted octanol–water partition coefficient (Wildman–Crippen LogP) is 15.3. The molecule has 3 unspecified atom stereocenters. The van der Waals surface area contributed by atoms with Crippen molar-refractivity contribution in [2.24, 2.45) is 11.8 Å². The van der Waals surface area contributed by atoms with Gasteiger partial charge in [0.25, 0.3) is 0 Å². The van der Waals surface area contributed by atoms with Crippen LogP contribution in [0.25, 0.3) is 44.5 Å². The summed E-state index contributed by atoms with van der Waals surface area (Å²) in [6.45, 7) is 9.25. The quantitative estimate of drug-likeness (QED) is 0.173. The topological polar surface area (TPSA) is 40.5 Å². The largest absolute Gasteiger partial charge is 0.459 e. The summed E-state index contributed by atoms with van der Waals surface area (Å²) < 4.78 is 3.41. The molecule has 2 nitrogen and oxygen atoms in total. The average molecular weight is 980 g/mol. The Hall–Kier alpha value is -4.30. The minimum Gasteiger partial charge on any atom is -0.427 e. The lowest BCUT2D eigenvalue weighted by Crippen LogP contribution is -2.29. The van der Waals surface area contributed by atoms with Gasteiger partial charge >= 0.3 is 7.12 Å². The van der Waals surface area contributed by atoms with Gasteiger partial charge in [-0.3, -0.25) is 0 Å². The minimum absolute atomic E-state index is 0.00304. The molecule has 0 fully saturated rings. The SMILES string of the molecule is CC1(C)c2ccc(Br)cc2-c2cc(Br)ccc21.CC1(C)c2ccc(Br)cc2-c2ccc(-c3ccccc3-c3ccccc3)cc21.OB(O)C1C=CC=CC1C1C=CC=CC1. The molecule has 60 heavy (non-hydrogen) atoms. The third kappa shape index (κ3) is 8.34. The zero-order valence-corrected chi connectivity index (χ0v) is 39.0. The van der Waals surface area contributed by atoms with Gasteiger partial charge in [-0.1, -0.05) is 209 Å². The standard InChI is InChI=1S/C27H21Br.C15H12Br2.C12H15BO2/c1-27(2)25-15-13-20(28)17-24(25)23-14-12-19(16-26(23)27)22-11-7-6-10-21(22)18-8-4-3-5-9-18;1-15(2)13-5-3-9(16)7-11(13)12-8-10(17)4-6-14(12)15;14-13(15)12-9-5-4-8-11(12)10-6-2-1-3-7-10/h3-17H,1-2H3;3-8H,1-2H3;1-6,8-12,14-15H,7H2.